The Hall–Kier alpha value is -3.61. The fraction of sp³-hybridized carbons (Fsp3) is 0.227. The van der Waals surface area contributed by atoms with Crippen molar-refractivity contribution >= 4 is 17.6 Å². The molecular weight excluding hydrogens is 366 g/mol. The minimum Gasteiger partial charge on any atom is -0.348 e. The summed E-state index contributed by atoms with van der Waals surface area (Å²) in [6, 6.07) is 15.1. The molecular formula is C22H23N5O2. The normalized spacial score (nSPS) is 13.0. The van der Waals surface area contributed by atoms with E-state index in [-0.39, 0.29) is 11.9 Å². The van der Waals surface area contributed by atoms with Gasteiger partial charge in [-0.15, -0.1) is 0 Å². The van der Waals surface area contributed by atoms with Gasteiger partial charge >= 0.3 is 6.03 Å². The van der Waals surface area contributed by atoms with Gasteiger partial charge in [-0.3, -0.25) is 4.79 Å². The molecule has 0 saturated heterocycles. The average molecular weight is 389 g/mol. The Balaban J connectivity index is 1.29. The standard InChI is InChI=1S/C22H23N5O2/c28-21(18-4-6-19(7-5-18)25-22(29)26-20-8-9-20)24-13-16-2-1-3-17(12-16)14-27-11-10-23-15-27/h1-7,10-12,15,20H,8-9,13-14H2,(H,24,28)(H2,25,26,29). The summed E-state index contributed by atoms with van der Waals surface area (Å²) in [5.74, 6) is -0.154. The van der Waals surface area contributed by atoms with E-state index in [2.05, 4.69) is 33.1 Å². The molecule has 0 bridgehead atoms. The van der Waals surface area contributed by atoms with E-state index in [0.717, 1.165) is 30.5 Å². The van der Waals surface area contributed by atoms with Crippen LogP contribution in [0.15, 0.2) is 67.3 Å². The number of carbonyl (C=O) groups is 2. The van der Waals surface area contributed by atoms with Crippen molar-refractivity contribution in [1.82, 2.24) is 20.2 Å². The van der Waals surface area contributed by atoms with Gasteiger partial charge in [0.05, 0.1) is 6.33 Å². The average Bonchev–Trinajstić information content (AvgIpc) is 3.39. The molecule has 148 valence electrons. The first kappa shape index (κ1) is 18.7. The molecule has 7 nitrogen and oxygen atoms in total. The maximum Gasteiger partial charge on any atom is 0.319 e. The maximum atomic E-state index is 12.4. The number of rotatable bonds is 7. The number of imidazole rings is 1. The van der Waals surface area contributed by atoms with Crippen LogP contribution >= 0.6 is 0 Å². The molecule has 3 N–H and O–H groups in total. The fourth-order valence-electron chi connectivity index (χ4n) is 3.00. The number of benzene rings is 2. The van der Waals surface area contributed by atoms with Gasteiger partial charge in [-0.05, 0) is 48.2 Å². The Morgan fingerprint density at radius 2 is 1.86 bits per heavy atom. The highest BCUT2D eigenvalue weighted by Crippen LogP contribution is 2.19. The third-order valence-corrected chi connectivity index (χ3v) is 4.69. The van der Waals surface area contributed by atoms with E-state index in [1.165, 1.54) is 0 Å². The van der Waals surface area contributed by atoms with Gasteiger partial charge in [0.15, 0.2) is 0 Å². The lowest BCUT2D eigenvalue weighted by atomic mass is 10.1. The zero-order chi connectivity index (χ0) is 20.1. The van der Waals surface area contributed by atoms with Gasteiger partial charge in [-0.25, -0.2) is 9.78 Å². The lowest BCUT2D eigenvalue weighted by Gasteiger charge is -2.09. The molecule has 29 heavy (non-hydrogen) atoms. The molecule has 1 saturated carbocycles. The van der Waals surface area contributed by atoms with Crippen LogP contribution in [-0.4, -0.2) is 27.5 Å². The molecule has 1 fully saturated rings. The summed E-state index contributed by atoms with van der Waals surface area (Å²) in [5, 5.41) is 8.57. The lowest BCUT2D eigenvalue weighted by Crippen LogP contribution is -2.30. The quantitative estimate of drug-likeness (QED) is 0.580. The summed E-state index contributed by atoms with van der Waals surface area (Å²) < 4.78 is 2.00. The number of urea groups is 1. The summed E-state index contributed by atoms with van der Waals surface area (Å²) in [4.78, 5) is 28.2. The number of hydrogen-bond acceptors (Lipinski definition) is 3. The molecule has 3 amide bonds. The maximum absolute atomic E-state index is 12.4. The van der Waals surface area contributed by atoms with Crippen LogP contribution < -0.4 is 16.0 Å². The predicted octanol–water partition coefficient (Wildman–Crippen LogP) is 3.15. The zero-order valence-corrected chi connectivity index (χ0v) is 16.0. The number of amides is 3. The number of hydrogen-bond donors (Lipinski definition) is 3. The molecule has 0 atom stereocenters. The van der Waals surface area contributed by atoms with Crippen LogP contribution in [0.3, 0.4) is 0 Å². The Labute approximate surface area is 169 Å². The second kappa shape index (κ2) is 8.60. The van der Waals surface area contributed by atoms with Crippen LogP contribution in [0.25, 0.3) is 0 Å². The smallest absolute Gasteiger partial charge is 0.319 e. The molecule has 0 radical (unpaired) electrons. The van der Waals surface area contributed by atoms with Gasteiger partial charge in [-0.2, -0.15) is 0 Å². The van der Waals surface area contributed by atoms with E-state index < -0.39 is 0 Å². The largest absolute Gasteiger partial charge is 0.348 e. The van der Waals surface area contributed by atoms with Crippen molar-refractivity contribution in [1.29, 1.82) is 0 Å². The SMILES string of the molecule is O=C(Nc1ccc(C(=O)NCc2cccc(Cn3ccnc3)c2)cc1)NC1CC1. The summed E-state index contributed by atoms with van der Waals surface area (Å²) in [6.45, 7) is 1.19. The van der Waals surface area contributed by atoms with Crippen LogP contribution in [0.4, 0.5) is 10.5 Å². The van der Waals surface area contributed by atoms with Crippen molar-refractivity contribution < 1.29 is 9.59 Å². The summed E-state index contributed by atoms with van der Waals surface area (Å²) >= 11 is 0. The number of carbonyl (C=O) groups excluding carboxylic acids is 2. The van der Waals surface area contributed by atoms with Crippen molar-refractivity contribution in [3.8, 4) is 0 Å². The molecule has 0 unspecified atom stereocenters. The number of nitrogens with one attached hydrogen (secondary N) is 3. The van der Waals surface area contributed by atoms with Crippen molar-refractivity contribution in [3.05, 3.63) is 83.9 Å². The van der Waals surface area contributed by atoms with E-state index in [1.54, 1.807) is 36.8 Å². The van der Waals surface area contributed by atoms with E-state index in [9.17, 15) is 9.59 Å². The third kappa shape index (κ3) is 5.44. The second-order valence-corrected chi connectivity index (χ2v) is 7.19. The van der Waals surface area contributed by atoms with Crippen molar-refractivity contribution in [2.24, 2.45) is 0 Å². The molecule has 1 aliphatic rings. The first-order valence-electron chi connectivity index (χ1n) is 9.65. The van der Waals surface area contributed by atoms with Crippen LogP contribution in [0, 0.1) is 0 Å². The molecule has 3 aromatic rings. The molecule has 4 rings (SSSR count). The van der Waals surface area contributed by atoms with E-state index in [1.807, 2.05) is 22.9 Å². The van der Waals surface area contributed by atoms with Crippen LogP contribution in [-0.2, 0) is 13.1 Å². The number of anilines is 1. The highest BCUT2D eigenvalue weighted by molar-refractivity contribution is 5.95. The van der Waals surface area contributed by atoms with Crippen LogP contribution in [0.5, 0.6) is 0 Å². The minimum absolute atomic E-state index is 0.154. The van der Waals surface area contributed by atoms with Gasteiger partial charge in [-0.1, -0.05) is 24.3 Å². The highest BCUT2D eigenvalue weighted by Gasteiger charge is 2.23. The predicted molar refractivity (Wildman–Crippen MR) is 111 cm³/mol. The first-order valence-corrected chi connectivity index (χ1v) is 9.65. The Kier molecular flexibility index (Phi) is 5.56. The van der Waals surface area contributed by atoms with Gasteiger partial charge in [0.2, 0.25) is 0 Å². The Bertz CT molecular complexity index is 979. The molecule has 2 aromatic carbocycles. The number of aromatic nitrogens is 2. The molecule has 0 spiro atoms. The van der Waals surface area contributed by atoms with Gasteiger partial charge in [0, 0.05) is 42.8 Å². The van der Waals surface area contributed by atoms with Gasteiger partial charge in [0.25, 0.3) is 5.91 Å². The molecule has 1 aromatic heterocycles. The monoisotopic (exact) mass is 389 g/mol. The van der Waals surface area contributed by atoms with E-state index in [0.29, 0.717) is 23.8 Å². The van der Waals surface area contributed by atoms with Crippen LogP contribution in [0.2, 0.25) is 0 Å². The second-order valence-electron chi connectivity index (χ2n) is 7.19. The Morgan fingerprint density at radius 1 is 1.07 bits per heavy atom. The zero-order valence-electron chi connectivity index (χ0n) is 16.0. The third-order valence-electron chi connectivity index (χ3n) is 4.69. The molecule has 7 heteroatoms. The van der Waals surface area contributed by atoms with Gasteiger partial charge < -0.3 is 20.5 Å². The summed E-state index contributed by atoms with van der Waals surface area (Å²) in [6.07, 6.45) is 7.54. The lowest BCUT2D eigenvalue weighted by molar-refractivity contribution is 0.0951. The van der Waals surface area contributed by atoms with Gasteiger partial charge in [0.1, 0.15) is 0 Å². The summed E-state index contributed by atoms with van der Waals surface area (Å²) in [5.41, 5.74) is 3.39. The highest BCUT2D eigenvalue weighted by atomic mass is 16.2. The van der Waals surface area contributed by atoms with Crippen LogP contribution in [0.1, 0.15) is 34.3 Å². The molecule has 1 heterocycles. The van der Waals surface area contributed by atoms with E-state index in [4.69, 9.17) is 0 Å². The first-order chi connectivity index (χ1) is 14.2. The molecule has 1 aliphatic carbocycles. The van der Waals surface area contributed by atoms with Crippen molar-refractivity contribution in [2.75, 3.05) is 5.32 Å². The van der Waals surface area contributed by atoms with Crippen molar-refractivity contribution in [2.45, 2.75) is 32.0 Å². The van der Waals surface area contributed by atoms with E-state index >= 15 is 0 Å². The minimum atomic E-state index is -0.208. The summed E-state index contributed by atoms with van der Waals surface area (Å²) in [7, 11) is 0. The Morgan fingerprint density at radius 3 is 2.59 bits per heavy atom. The fourth-order valence-corrected chi connectivity index (χ4v) is 3.00. The van der Waals surface area contributed by atoms with Crippen molar-refractivity contribution in [3.63, 3.8) is 0 Å². The molecule has 0 aliphatic heterocycles. The number of nitrogens with zero attached hydrogens (tertiary/aromatic N) is 2. The topological polar surface area (TPSA) is 88.1 Å².